The van der Waals surface area contributed by atoms with Gasteiger partial charge >= 0.3 is 0 Å². The lowest BCUT2D eigenvalue weighted by atomic mass is 10.1. The molecule has 0 bridgehead atoms. The van der Waals surface area contributed by atoms with Crippen LogP contribution in [0.3, 0.4) is 0 Å². The molecule has 0 spiro atoms. The van der Waals surface area contributed by atoms with Crippen LogP contribution in [0.4, 0.5) is 11.4 Å². The van der Waals surface area contributed by atoms with E-state index >= 15 is 0 Å². The monoisotopic (exact) mass is 267 g/mol. The molecule has 7 nitrogen and oxygen atoms in total. The van der Waals surface area contributed by atoms with Crippen molar-refractivity contribution in [3.05, 3.63) is 33.9 Å². The summed E-state index contributed by atoms with van der Waals surface area (Å²) in [5, 5.41) is 20.8. The van der Waals surface area contributed by atoms with Crippen molar-refractivity contribution in [1.29, 1.82) is 0 Å². The van der Waals surface area contributed by atoms with Crippen molar-refractivity contribution in [1.82, 2.24) is 0 Å². The molecule has 0 unspecified atom stereocenters. The van der Waals surface area contributed by atoms with E-state index in [1.807, 2.05) is 0 Å². The van der Waals surface area contributed by atoms with Crippen molar-refractivity contribution < 1.29 is 14.8 Å². The predicted octanol–water partition coefficient (Wildman–Crippen LogP) is 0.901. The maximum absolute atomic E-state index is 11.0. The van der Waals surface area contributed by atoms with Gasteiger partial charge < -0.3 is 15.7 Å². The van der Waals surface area contributed by atoms with Crippen molar-refractivity contribution in [3.63, 3.8) is 0 Å². The average molecular weight is 267 g/mol. The standard InChI is InChI=1S/C12H17N3O4/c1-12(2,17)7-14(3)9-5-4-8(11(13)16)6-10(9)15(18)19/h4-6,17H,7H2,1-3H3,(H2,13,16). The van der Waals surface area contributed by atoms with Crippen molar-refractivity contribution in [2.45, 2.75) is 19.4 Å². The molecule has 1 amide bonds. The van der Waals surface area contributed by atoms with Gasteiger partial charge in [0.2, 0.25) is 5.91 Å². The quantitative estimate of drug-likeness (QED) is 0.608. The Kier molecular flexibility index (Phi) is 4.10. The number of anilines is 1. The van der Waals surface area contributed by atoms with Crippen LogP contribution in [0.15, 0.2) is 18.2 Å². The van der Waals surface area contributed by atoms with E-state index in [1.54, 1.807) is 25.8 Å². The molecule has 3 N–H and O–H groups in total. The topological polar surface area (TPSA) is 110 Å². The second kappa shape index (κ2) is 5.23. The van der Waals surface area contributed by atoms with Crippen LogP contribution >= 0.6 is 0 Å². The van der Waals surface area contributed by atoms with Crippen LogP contribution in [0.5, 0.6) is 0 Å². The molecular formula is C12H17N3O4. The molecule has 0 saturated carbocycles. The van der Waals surface area contributed by atoms with E-state index in [4.69, 9.17) is 5.73 Å². The number of carbonyl (C=O) groups is 1. The Morgan fingerprint density at radius 3 is 2.53 bits per heavy atom. The van der Waals surface area contributed by atoms with Gasteiger partial charge in [-0.15, -0.1) is 0 Å². The van der Waals surface area contributed by atoms with Crippen LogP contribution in [0.1, 0.15) is 24.2 Å². The summed E-state index contributed by atoms with van der Waals surface area (Å²) in [6, 6.07) is 4.01. The van der Waals surface area contributed by atoms with Gasteiger partial charge in [-0.2, -0.15) is 0 Å². The Hall–Kier alpha value is -2.15. The summed E-state index contributed by atoms with van der Waals surface area (Å²) in [5.74, 6) is -0.722. The molecule has 0 heterocycles. The Bertz CT molecular complexity index is 508. The van der Waals surface area contributed by atoms with E-state index in [1.165, 1.54) is 12.1 Å². The van der Waals surface area contributed by atoms with E-state index in [2.05, 4.69) is 0 Å². The van der Waals surface area contributed by atoms with E-state index in [0.29, 0.717) is 5.69 Å². The van der Waals surface area contributed by atoms with E-state index in [-0.39, 0.29) is 17.8 Å². The Morgan fingerprint density at radius 2 is 2.11 bits per heavy atom. The third-order valence-electron chi connectivity index (χ3n) is 2.49. The molecule has 0 aliphatic rings. The number of nitro benzene ring substituents is 1. The average Bonchev–Trinajstić information content (AvgIpc) is 2.25. The van der Waals surface area contributed by atoms with Gasteiger partial charge in [0.1, 0.15) is 5.69 Å². The van der Waals surface area contributed by atoms with Gasteiger partial charge in [0.25, 0.3) is 5.69 Å². The zero-order chi connectivity index (χ0) is 14.8. The summed E-state index contributed by atoms with van der Waals surface area (Å²) in [7, 11) is 1.63. The molecular weight excluding hydrogens is 250 g/mol. The third kappa shape index (κ3) is 3.92. The first-order chi connectivity index (χ1) is 8.61. The number of likely N-dealkylation sites (N-methyl/N-ethyl adjacent to an activating group) is 1. The summed E-state index contributed by atoms with van der Waals surface area (Å²) >= 11 is 0. The number of rotatable bonds is 5. The Labute approximate surface area is 110 Å². The van der Waals surface area contributed by atoms with Gasteiger partial charge in [-0.05, 0) is 26.0 Å². The highest BCUT2D eigenvalue weighted by Crippen LogP contribution is 2.29. The molecule has 0 saturated heterocycles. The minimum absolute atomic E-state index is 0.0760. The summed E-state index contributed by atoms with van der Waals surface area (Å²) in [6.07, 6.45) is 0. The largest absolute Gasteiger partial charge is 0.389 e. The fourth-order valence-electron chi connectivity index (χ4n) is 1.81. The molecule has 0 fully saturated rings. The first-order valence-corrected chi connectivity index (χ1v) is 5.63. The minimum atomic E-state index is -0.995. The number of nitro groups is 1. The Balaban J connectivity index is 3.20. The second-order valence-corrected chi connectivity index (χ2v) is 4.99. The maximum atomic E-state index is 11.0. The van der Waals surface area contributed by atoms with Crippen molar-refractivity contribution in [2.75, 3.05) is 18.5 Å². The van der Waals surface area contributed by atoms with E-state index < -0.39 is 16.4 Å². The van der Waals surface area contributed by atoms with Crippen molar-refractivity contribution >= 4 is 17.3 Å². The molecule has 0 aliphatic carbocycles. The lowest BCUT2D eigenvalue weighted by Crippen LogP contribution is -2.36. The van der Waals surface area contributed by atoms with Crippen LogP contribution < -0.4 is 10.6 Å². The highest BCUT2D eigenvalue weighted by molar-refractivity contribution is 5.94. The van der Waals surface area contributed by atoms with Gasteiger partial charge in [0, 0.05) is 25.2 Å². The van der Waals surface area contributed by atoms with Crippen molar-refractivity contribution in [3.8, 4) is 0 Å². The fourth-order valence-corrected chi connectivity index (χ4v) is 1.81. The number of aliphatic hydroxyl groups is 1. The van der Waals surface area contributed by atoms with Crippen LogP contribution in [-0.4, -0.2) is 35.1 Å². The number of primary amides is 1. The van der Waals surface area contributed by atoms with Gasteiger partial charge in [0.05, 0.1) is 10.5 Å². The normalized spacial score (nSPS) is 11.2. The third-order valence-corrected chi connectivity index (χ3v) is 2.49. The summed E-state index contributed by atoms with van der Waals surface area (Å²) in [4.78, 5) is 23.0. The smallest absolute Gasteiger partial charge is 0.293 e. The molecule has 19 heavy (non-hydrogen) atoms. The number of nitrogens with zero attached hydrogens (tertiary/aromatic N) is 2. The maximum Gasteiger partial charge on any atom is 0.293 e. The molecule has 1 aromatic rings. The summed E-state index contributed by atoms with van der Waals surface area (Å²) in [5.41, 5.74) is 4.27. The fraction of sp³-hybridized carbons (Fsp3) is 0.417. The number of hydrogen-bond acceptors (Lipinski definition) is 5. The van der Waals surface area contributed by atoms with Crippen LogP contribution in [0.25, 0.3) is 0 Å². The highest BCUT2D eigenvalue weighted by Gasteiger charge is 2.23. The first-order valence-electron chi connectivity index (χ1n) is 5.63. The number of benzene rings is 1. The summed E-state index contributed by atoms with van der Waals surface area (Å²) < 4.78 is 0. The molecule has 7 heteroatoms. The minimum Gasteiger partial charge on any atom is -0.389 e. The number of nitrogens with two attached hydrogens (primary N) is 1. The van der Waals surface area contributed by atoms with Gasteiger partial charge in [-0.3, -0.25) is 14.9 Å². The molecule has 1 aromatic carbocycles. The van der Waals surface area contributed by atoms with Gasteiger partial charge in [-0.1, -0.05) is 0 Å². The van der Waals surface area contributed by atoms with E-state index in [9.17, 15) is 20.0 Å². The number of amides is 1. The second-order valence-electron chi connectivity index (χ2n) is 4.99. The predicted molar refractivity (Wildman–Crippen MR) is 71.2 cm³/mol. The number of hydrogen-bond donors (Lipinski definition) is 2. The molecule has 0 aromatic heterocycles. The zero-order valence-corrected chi connectivity index (χ0v) is 11.1. The molecule has 0 atom stereocenters. The number of carbonyl (C=O) groups excluding carboxylic acids is 1. The summed E-state index contributed by atoms with van der Waals surface area (Å²) in [6.45, 7) is 3.42. The first kappa shape index (κ1) is 14.9. The Morgan fingerprint density at radius 1 is 1.53 bits per heavy atom. The van der Waals surface area contributed by atoms with Gasteiger partial charge in [-0.25, -0.2) is 0 Å². The van der Waals surface area contributed by atoms with Crippen LogP contribution in [0.2, 0.25) is 0 Å². The molecule has 0 radical (unpaired) electrons. The molecule has 0 aliphatic heterocycles. The van der Waals surface area contributed by atoms with Gasteiger partial charge in [0.15, 0.2) is 0 Å². The lowest BCUT2D eigenvalue weighted by Gasteiger charge is -2.27. The van der Waals surface area contributed by atoms with Crippen molar-refractivity contribution in [2.24, 2.45) is 5.73 Å². The molecule has 104 valence electrons. The van der Waals surface area contributed by atoms with Crippen LogP contribution in [0, 0.1) is 10.1 Å². The van der Waals surface area contributed by atoms with Crippen LogP contribution in [-0.2, 0) is 0 Å². The van der Waals surface area contributed by atoms with E-state index in [0.717, 1.165) is 6.07 Å². The lowest BCUT2D eigenvalue weighted by molar-refractivity contribution is -0.384. The molecule has 1 rings (SSSR count). The SMILES string of the molecule is CN(CC(C)(C)O)c1ccc(C(N)=O)cc1[N+](=O)[O-]. The zero-order valence-electron chi connectivity index (χ0n) is 11.1. The highest BCUT2D eigenvalue weighted by atomic mass is 16.6.